The van der Waals surface area contributed by atoms with Gasteiger partial charge in [-0.05, 0) is 0 Å². The number of hydrogen-bond donors (Lipinski definition) is 0. The first kappa shape index (κ1) is 6.03. The molecule has 54 valence electrons. The lowest BCUT2D eigenvalue weighted by molar-refractivity contribution is 1.02. The lowest BCUT2D eigenvalue weighted by Gasteiger charge is -1.94. The summed E-state index contributed by atoms with van der Waals surface area (Å²) >= 11 is 0. The van der Waals surface area contributed by atoms with E-state index in [2.05, 4.69) is 9.97 Å². The molecule has 0 aromatic carbocycles. The van der Waals surface area contributed by atoms with Crippen molar-refractivity contribution in [2.75, 3.05) is 0 Å². The maximum absolute atomic E-state index is 11.1. The highest BCUT2D eigenvalue weighted by molar-refractivity contribution is 5.32. The molecular weight excluding hydrogens is 142 g/mol. The van der Waals surface area contributed by atoms with Crippen LogP contribution in [0, 0.1) is 0 Å². The number of rotatable bonds is 0. The van der Waals surface area contributed by atoms with Gasteiger partial charge in [0.15, 0.2) is 5.65 Å². The second-order valence-corrected chi connectivity index (χ2v) is 2.09. The van der Waals surface area contributed by atoms with Crippen LogP contribution in [0.4, 0.5) is 0 Å². The topological polar surface area (TPSA) is 47.3 Å². The van der Waals surface area contributed by atoms with Crippen molar-refractivity contribution in [2.45, 2.75) is 0 Å². The molecule has 0 saturated carbocycles. The normalized spacial score (nSPS) is 10.2. The zero-order chi connectivity index (χ0) is 7.68. The van der Waals surface area contributed by atoms with Gasteiger partial charge in [-0.3, -0.25) is 14.2 Å². The van der Waals surface area contributed by atoms with E-state index in [9.17, 15) is 4.79 Å². The van der Waals surface area contributed by atoms with Gasteiger partial charge >= 0.3 is 0 Å². The fourth-order valence-corrected chi connectivity index (χ4v) is 0.893. The molecule has 0 bridgehead atoms. The van der Waals surface area contributed by atoms with Crippen LogP contribution in [0.5, 0.6) is 0 Å². The largest absolute Gasteiger partial charge is 0.269 e. The predicted octanol–water partition coefficient (Wildman–Crippen LogP) is 0.0895. The van der Waals surface area contributed by atoms with E-state index in [0.29, 0.717) is 5.65 Å². The Bertz CT molecular complexity index is 429. The fraction of sp³-hybridized carbons (Fsp3) is 0. The Kier molecular flexibility index (Phi) is 1.18. The molecule has 0 N–H and O–H groups in total. The van der Waals surface area contributed by atoms with Gasteiger partial charge in [0.2, 0.25) is 0 Å². The Morgan fingerprint density at radius 3 is 3.09 bits per heavy atom. The molecule has 2 heterocycles. The van der Waals surface area contributed by atoms with E-state index < -0.39 is 0 Å². The highest BCUT2D eigenvalue weighted by Gasteiger charge is 1.91. The minimum atomic E-state index is -0.0857. The summed E-state index contributed by atoms with van der Waals surface area (Å²) in [5.41, 5.74) is 0.484. The van der Waals surface area contributed by atoms with Crippen LogP contribution in [0.15, 0.2) is 35.6 Å². The smallest absolute Gasteiger partial charge is 0.257 e. The second kappa shape index (κ2) is 2.16. The molecule has 0 atom stereocenters. The SMILES string of the molecule is O=c1ccnc2cnccn12. The van der Waals surface area contributed by atoms with Crippen molar-refractivity contribution in [2.24, 2.45) is 0 Å². The monoisotopic (exact) mass is 147 g/mol. The molecular formula is C7H5N3O. The lowest BCUT2D eigenvalue weighted by Crippen LogP contribution is -2.12. The van der Waals surface area contributed by atoms with Gasteiger partial charge in [0.05, 0.1) is 6.20 Å². The van der Waals surface area contributed by atoms with Gasteiger partial charge in [0.25, 0.3) is 5.56 Å². The van der Waals surface area contributed by atoms with Crippen LogP contribution in [0.25, 0.3) is 5.65 Å². The van der Waals surface area contributed by atoms with Crippen molar-refractivity contribution in [3.8, 4) is 0 Å². The third-order valence-corrected chi connectivity index (χ3v) is 1.40. The molecule has 0 amide bonds. The molecule has 2 aromatic heterocycles. The number of nitrogens with zero attached hydrogens (tertiary/aromatic N) is 3. The third kappa shape index (κ3) is 0.881. The minimum absolute atomic E-state index is 0.0857. The third-order valence-electron chi connectivity index (χ3n) is 1.40. The van der Waals surface area contributed by atoms with Gasteiger partial charge in [0, 0.05) is 24.7 Å². The van der Waals surface area contributed by atoms with Crippen molar-refractivity contribution in [1.82, 2.24) is 14.4 Å². The summed E-state index contributed by atoms with van der Waals surface area (Å²) in [5.74, 6) is 0. The molecule has 0 saturated heterocycles. The number of fused-ring (bicyclic) bond motifs is 1. The standard InChI is InChI=1S/C7H5N3O/c11-7-1-2-9-6-5-8-3-4-10(6)7/h1-5H. The van der Waals surface area contributed by atoms with E-state index in [1.807, 2.05) is 0 Å². The van der Waals surface area contributed by atoms with Crippen LogP contribution >= 0.6 is 0 Å². The van der Waals surface area contributed by atoms with Crippen LogP contribution in [0.3, 0.4) is 0 Å². The Labute approximate surface area is 62.2 Å². The average Bonchev–Trinajstić information content (AvgIpc) is 2.06. The molecule has 2 rings (SSSR count). The second-order valence-electron chi connectivity index (χ2n) is 2.09. The number of hydrogen-bond acceptors (Lipinski definition) is 3. The van der Waals surface area contributed by atoms with Crippen molar-refractivity contribution in [1.29, 1.82) is 0 Å². The summed E-state index contributed by atoms with van der Waals surface area (Å²) in [4.78, 5) is 18.8. The van der Waals surface area contributed by atoms with E-state index >= 15 is 0 Å². The lowest BCUT2D eigenvalue weighted by atomic mass is 10.6. The van der Waals surface area contributed by atoms with Crippen LogP contribution in [0.2, 0.25) is 0 Å². The van der Waals surface area contributed by atoms with Gasteiger partial charge in [-0.1, -0.05) is 0 Å². The number of aromatic nitrogens is 3. The molecule has 0 fully saturated rings. The first-order chi connectivity index (χ1) is 5.38. The molecule has 11 heavy (non-hydrogen) atoms. The van der Waals surface area contributed by atoms with Crippen LogP contribution < -0.4 is 5.56 Å². The van der Waals surface area contributed by atoms with Gasteiger partial charge in [-0.2, -0.15) is 0 Å². The van der Waals surface area contributed by atoms with Crippen LogP contribution in [0.1, 0.15) is 0 Å². The van der Waals surface area contributed by atoms with E-state index in [1.165, 1.54) is 16.7 Å². The molecule has 4 nitrogen and oxygen atoms in total. The molecule has 0 aliphatic heterocycles. The Morgan fingerprint density at radius 2 is 2.27 bits per heavy atom. The van der Waals surface area contributed by atoms with Gasteiger partial charge < -0.3 is 0 Å². The minimum Gasteiger partial charge on any atom is -0.269 e. The Hall–Kier alpha value is -1.71. The van der Waals surface area contributed by atoms with Crippen molar-refractivity contribution < 1.29 is 0 Å². The molecule has 0 unspecified atom stereocenters. The summed E-state index contributed by atoms with van der Waals surface area (Å²) < 4.78 is 1.44. The molecule has 0 radical (unpaired) electrons. The summed E-state index contributed by atoms with van der Waals surface area (Å²) in [6, 6.07) is 1.41. The molecule has 0 aliphatic rings. The maximum atomic E-state index is 11.1. The highest BCUT2D eigenvalue weighted by atomic mass is 16.1. The van der Waals surface area contributed by atoms with Crippen LogP contribution in [-0.4, -0.2) is 14.4 Å². The van der Waals surface area contributed by atoms with Gasteiger partial charge in [0.1, 0.15) is 0 Å². The van der Waals surface area contributed by atoms with E-state index in [-0.39, 0.29) is 5.56 Å². The average molecular weight is 147 g/mol. The summed E-state index contributed by atoms with van der Waals surface area (Å²) in [7, 11) is 0. The van der Waals surface area contributed by atoms with Crippen LogP contribution in [-0.2, 0) is 0 Å². The van der Waals surface area contributed by atoms with Gasteiger partial charge in [-0.15, -0.1) is 0 Å². The van der Waals surface area contributed by atoms with Crippen molar-refractivity contribution in [3.63, 3.8) is 0 Å². The zero-order valence-corrected chi connectivity index (χ0v) is 5.64. The quantitative estimate of drug-likeness (QED) is 0.530. The van der Waals surface area contributed by atoms with E-state index in [4.69, 9.17) is 0 Å². The maximum Gasteiger partial charge on any atom is 0.257 e. The van der Waals surface area contributed by atoms with E-state index in [0.717, 1.165) is 0 Å². The Morgan fingerprint density at radius 1 is 1.36 bits per heavy atom. The Balaban J connectivity index is 3.03. The first-order valence-electron chi connectivity index (χ1n) is 3.15. The summed E-state index contributed by atoms with van der Waals surface area (Å²) in [6.07, 6.45) is 6.15. The molecule has 0 aliphatic carbocycles. The summed E-state index contributed by atoms with van der Waals surface area (Å²) in [6.45, 7) is 0. The highest BCUT2D eigenvalue weighted by Crippen LogP contribution is 1.88. The van der Waals surface area contributed by atoms with Crippen molar-refractivity contribution in [3.05, 3.63) is 41.2 Å². The predicted molar refractivity (Wildman–Crippen MR) is 39.3 cm³/mol. The summed E-state index contributed by atoms with van der Waals surface area (Å²) in [5, 5.41) is 0. The first-order valence-corrected chi connectivity index (χ1v) is 3.15. The van der Waals surface area contributed by atoms with Gasteiger partial charge in [-0.25, -0.2) is 4.98 Å². The zero-order valence-electron chi connectivity index (χ0n) is 5.64. The molecule has 2 aromatic rings. The molecule has 0 spiro atoms. The fourth-order valence-electron chi connectivity index (χ4n) is 0.893. The van der Waals surface area contributed by atoms with Crippen molar-refractivity contribution >= 4 is 5.65 Å². The van der Waals surface area contributed by atoms with E-state index in [1.54, 1.807) is 18.6 Å². The molecule has 4 heteroatoms.